The number of anilines is 1. The Labute approximate surface area is 164 Å². The molecule has 0 aliphatic rings. The second-order valence-corrected chi connectivity index (χ2v) is 6.71. The number of carbonyl (C=O) groups is 2. The zero-order valence-corrected chi connectivity index (χ0v) is 16.0. The molecule has 3 nitrogen and oxygen atoms in total. The van der Waals surface area contributed by atoms with Crippen molar-refractivity contribution in [3.05, 3.63) is 100 Å². The van der Waals surface area contributed by atoms with Gasteiger partial charge >= 0.3 is 0 Å². The SMILES string of the molecule is CCc1ccc(C(=O)N(C)c2ccc(Cl)cc2C(=O)c2ccccc2)cc1. The summed E-state index contributed by atoms with van der Waals surface area (Å²) in [5.74, 6) is -0.351. The Morgan fingerprint density at radius 2 is 1.56 bits per heavy atom. The maximum atomic E-state index is 13.0. The Hall–Kier alpha value is -2.91. The van der Waals surface area contributed by atoms with Gasteiger partial charge in [0.25, 0.3) is 5.91 Å². The molecule has 0 N–H and O–H groups in total. The molecule has 0 aliphatic heterocycles. The van der Waals surface area contributed by atoms with Crippen LogP contribution >= 0.6 is 11.6 Å². The average Bonchev–Trinajstić information content (AvgIpc) is 2.72. The van der Waals surface area contributed by atoms with E-state index in [1.54, 1.807) is 37.4 Å². The highest BCUT2D eigenvalue weighted by Gasteiger charge is 2.21. The van der Waals surface area contributed by atoms with Gasteiger partial charge in [-0.2, -0.15) is 0 Å². The fourth-order valence-corrected chi connectivity index (χ4v) is 3.09. The molecule has 3 aromatic carbocycles. The normalized spacial score (nSPS) is 10.5. The minimum Gasteiger partial charge on any atom is -0.311 e. The van der Waals surface area contributed by atoms with E-state index in [-0.39, 0.29) is 11.7 Å². The van der Waals surface area contributed by atoms with Gasteiger partial charge in [-0.3, -0.25) is 9.59 Å². The zero-order chi connectivity index (χ0) is 19.4. The molecule has 0 spiro atoms. The predicted molar refractivity (Wildman–Crippen MR) is 110 cm³/mol. The molecule has 3 rings (SSSR count). The largest absolute Gasteiger partial charge is 0.311 e. The number of rotatable bonds is 5. The molecule has 0 fully saturated rings. The number of halogens is 1. The van der Waals surface area contributed by atoms with E-state index < -0.39 is 0 Å². The van der Waals surface area contributed by atoms with Crippen molar-refractivity contribution < 1.29 is 9.59 Å². The van der Waals surface area contributed by atoms with E-state index in [0.29, 0.717) is 27.4 Å². The summed E-state index contributed by atoms with van der Waals surface area (Å²) >= 11 is 6.13. The van der Waals surface area contributed by atoms with Crippen molar-refractivity contribution in [3.8, 4) is 0 Å². The molecule has 136 valence electrons. The molecule has 0 atom stereocenters. The second kappa shape index (κ2) is 8.19. The Kier molecular flexibility index (Phi) is 5.72. The van der Waals surface area contributed by atoms with Crippen LogP contribution in [0.5, 0.6) is 0 Å². The van der Waals surface area contributed by atoms with Crippen molar-refractivity contribution in [2.24, 2.45) is 0 Å². The first kappa shape index (κ1) is 18.9. The lowest BCUT2D eigenvalue weighted by Gasteiger charge is -2.21. The number of nitrogens with zero attached hydrogens (tertiary/aromatic N) is 1. The molecule has 0 aromatic heterocycles. The van der Waals surface area contributed by atoms with Crippen LogP contribution in [0.1, 0.15) is 38.8 Å². The standard InChI is InChI=1S/C23H20ClNO2/c1-3-16-9-11-18(12-10-16)23(27)25(2)21-14-13-19(24)15-20(21)22(26)17-7-5-4-6-8-17/h4-15H,3H2,1-2H3. The van der Waals surface area contributed by atoms with Gasteiger partial charge in [0, 0.05) is 28.8 Å². The molecular formula is C23H20ClNO2. The molecule has 1 amide bonds. The lowest BCUT2D eigenvalue weighted by atomic mass is 10.0. The predicted octanol–water partition coefficient (Wildman–Crippen LogP) is 5.41. The van der Waals surface area contributed by atoms with Crippen LogP contribution in [0, 0.1) is 0 Å². The maximum Gasteiger partial charge on any atom is 0.258 e. The number of amides is 1. The summed E-state index contributed by atoms with van der Waals surface area (Å²) in [5, 5.41) is 0.450. The third-order valence-corrected chi connectivity index (χ3v) is 4.75. The Morgan fingerprint density at radius 3 is 2.19 bits per heavy atom. The first-order valence-electron chi connectivity index (χ1n) is 8.77. The molecule has 27 heavy (non-hydrogen) atoms. The molecule has 0 bridgehead atoms. The van der Waals surface area contributed by atoms with Crippen LogP contribution in [-0.4, -0.2) is 18.7 Å². The summed E-state index contributed by atoms with van der Waals surface area (Å²) in [6, 6.07) is 21.5. The van der Waals surface area contributed by atoms with Gasteiger partial charge < -0.3 is 4.90 Å². The van der Waals surface area contributed by atoms with E-state index in [2.05, 4.69) is 6.92 Å². The third-order valence-electron chi connectivity index (χ3n) is 4.51. The molecule has 0 saturated heterocycles. The summed E-state index contributed by atoms with van der Waals surface area (Å²) in [6.07, 6.45) is 0.914. The lowest BCUT2D eigenvalue weighted by molar-refractivity contribution is 0.0993. The van der Waals surface area contributed by atoms with Gasteiger partial charge in [0.05, 0.1) is 5.69 Å². The van der Waals surface area contributed by atoms with Gasteiger partial charge in [-0.1, -0.05) is 61.0 Å². The molecule has 4 heteroatoms. The van der Waals surface area contributed by atoms with Crippen LogP contribution in [0.2, 0.25) is 5.02 Å². The van der Waals surface area contributed by atoms with Gasteiger partial charge in [0.2, 0.25) is 0 Å². The van der Waals surface area contributed by atoms with Crippen molar-refractivity contribution in [2.45, 2.75) is 13.3 Å². The monoisotopic (exact) mass is 377 g/mol. The van der Waals surface area contributed by atoms with Crippen LogP contribution in [0.15, 0.2) is 72.8 Å². The highest BCUT2D eigenvalue weighted by Crippen LogP contribution is 2.27. The van der Waals surface area contributed by atoms with E-state index in [4.69, 9.17) is 11.6 Å². The summed E-state index contributed by atoms with van der Waals surface area (Å²) < 4.78 is 0. The zero-order valence-electron chi connectivity index (χ0n) is 15.3. The number of aryl methyl sites for hydroxylation is 1. The number of hydrogen-bond donors (Lipinski definition) is 0. The number of carbonyl (C=O) groups excluding carboxylic acids is 2. The minimum atomic E-state index is -0.179. The Balaban J connectivity index is 1.98. The summed E-state index contributed by atoms with van der Waals surface area (Å²) in [6.45, 7) is 2.07. The second-order valence-electron chi connectivity index (χ2n) is 6.27. The van der Waals surface area contributed by atoms with Gasteiger partial charge in [-0.25, -0.2) is 0 Å². The summed E-state index contributed by atoms with van der Waals surface area (Å²) in [5.41, 5.74) is 3.21. The molecule has 0 saturated carbocycles. The molecule has 0 radical (unpaired) electrons. The fraction of sp³-hybridized carbons (Fsp3) is 0.130. The summed E-state index contributed by atoms with van der Waals surface area (Å²) in [7, 11) is 1.67. The smallest absolute Gasteiger partial charge is 0.258 e. The first-order chi connectivity index (χ1) is 13.0. The van der Waals surface area contributed by atoms with Crippen molar-refractivity contribution in [1.29, 1.82) is 0 Å². The fourth-order valence-electron chi connectivity index (χ4n) is 2.91. The van der Waals surface area contributed by atoms with E-state index in [0.717, 1.165) is 6.42 Å². The van der Waals surface area contributed by atoms with Crippen molar-refractivity contribution in [1.82, 2.24) is 0 Å². The molecule has 0 heterocycles. The van der Waals surface area contributed by atoms with Crippen molar-refractivity contribution >= 4 is 29.0 Å². The van der Waals surface area contributed by atoms with Crippen molar-refractivity contribution in [3.63, 3.8) is 0 Å². The van der Waals surface area contributed by atoms with Gasteiger partial charge in [-0.05, 0) is 42.3 Å². The van der Waals surface area contributed by atoms with E-state index in [9.17, 15) is 9.59 Å². The lowest BCUT2D eigenvalue weighted by Crippen LogP contribution is -2.28. The van der Waals surface area contributed by atoms with E-state index >= 15 is 0 Å². The Morgan fingerprint density at radius 1 is 0.889 bits per heavy atom. The van der Waals surface area contributed by atoms with E-state index in [1.807, 2.05) is 42.5 Å². The Bertz CT molecular complexity index is 965. The number of benzene rings is 3. The third kappa shape index (κ3) is 4.09. The number of hydrogen-bond acceptors (Lipinski definition) is 2. The van der Waals surface area contributed by atoms with Gasteiger partial charge in [0.15, 0.2) is 5.78 Å². The molecule has 0 unspecified atom stereocenters. The molecular weight excluding hydrogens is 358 g/mol. The van der Waals surface area contributed by atoms with Crippen LogP contribution in [0.3, 0.4) is 0 Å². The minimum absolute atomic E-state index is 0.172. The van der Waals surface area contributed by atoms with Gasteiger partial charge in [-0.15, -0.1) is 0 Å². The van der Waals surface area contributed by atoms with Crippen LogP contribution < -0.4 is 4.90 Å². The molecule has 0 aliphatic carbocycles. The van der Waals surface area contributed by atoms with Gasteiger partial charge in [0.1, 0.15) is 0 Å². The highest BCUT2D eigenvalue weighted by atomic mass is 35.5. The average molecular weight is 378 g/mol. The van der Waals surface area contributed by atoms with Crippen LogP contribution in [0.25, 0.3) is 0 Å². The summed E-state index contributed by atoms with van der Waals surface area (Å²) in [4.78, 5) is 27.4. The topological polar surface area (TPSA) is 37.4 Å². The first-order valence-corrected chi connectivity index (χ1v) is 9.15. The highest BCUT2D eigenvalue weighted by molar-refractivity contribution is 6.31. The quantitative estimate of drug-likeness (QED) is 0.557. The van der Waals surface area contributed by atoms with Crippen LogP contribution in [0.4, 0.5) is 5.69 Å². The molecule has 3 aromatic rings. The van der Waals surface area contributed by atoms with Crippen molar-refractivity contribution in [2.75, 3.05) is 11.9 Å². The maximum absolute atomic E-state index is 13.0. The number of ketones is 1. The van der Waals surface area contributed by atoms with E-state index in [1.165, 1.54) is 10.5 Å². The van der Waals surface area contributed by atoms with Crippen LogP contribution in [-0.2, 0) is 6.42 Å².